The van der Waals surface area contributed by atoms with Crippen molar-refractivity contribution >= 4 is 40.6 Å². The largest absolute Gasteiger partial charge is 0.335 e. The average Bonchev–Trinajstić information content (AvgIpc) is 2.87. The van der Waals surface area contributed by atoms with Gasteiger partial charge in [-0.3, -0.25) is 19.0 Å². The van der Waals surface area contributed by atoms with Gasteiger partial charge in [0.25, 0.3) is 0 Å². The van der Waals surface area contributed by atoms with E-state index in [4.69, 9.17) is 0 Å². The first-order chi connectivity index (χ1) is 11.4. The van der Waals surface area contributed by atoms with Crippen LogP contribution >= 0.6 is 23.1 Å². The number of thioether (sulfide) groups is 1. The van der Waals surface area contributed by atoms with Gasteiger partial charge in [-0.1, -0.05) is 23.5 Å². The minimum atomic E-state index is -0.285. The molecule has 0 unspecified atom stereocenters. The smallest absolute Gasteiger partial charge is 0.307 e. The molecule has 0 radical (unpaired) electrons. The lowest BCUT2D eigenvalue weighted by Crippen LogP contribution is -2.38. The molecule has 2 aromatic rings. The van der Waals surface area contributed by atoms with Crippen molar-refractivity contribution < 1.29 is 9.59 Å². The molecule has 8 heteroatoms. The number of aromatic nitrogens is 1. The zero-order valence-electron chi connectivity index (χ0n) is 13.7. The van der Waals surface area contributed by atoms with Crippen LogP contribution in [0.2, 0.25) is 0 Å². The van der Waals surface area contributed by atoms with Crippen molar-refractivity contribution in [1.29, 1.82) is 0 Å². The summed E-state index contributed by atoms with van der Waals surface area (Å²) in [7, 11) is 1.55. The Hall–Kier alpha value is -2.06. The third kappa shape index (κ3) is 4.48. The topological polar surface area (TPSA) is 71.4 Å². The minimum Gasteiger partial charge on any atom is -0.335 e. The predicted octanol–water partition coefficient (Wildman–Crippen LogP) is 2.04. The number of rotatable bonds is 6. The Balaban J connectivity index is 1.96. The number of hydrogen-bond donors (Lipinski definition) is 1. The summed E-state index contributed by atoms with van der Waals surface area (Å²) in [4.78, 5) is 38.1. The fourth-order valence-electron chi connectivity index (χ4n) is 2.09. The Kier molecular flexibility index (Phi) is 6.22. The van der Waals surface area contributed by atoms with Gasteiger partial charge in [0.05, 0.1) is 12.2 Å². The van der Waals surface area contributed by atoms with E-state index in [-0.39, 0.29) is 29.8 Å². The number of para-hydroxylation sites is 1. The molecule has 2 rings (SSSR count). The highest BCUT2D eigenvalue weighted by molar-refractivity contribution is 7.98. The molecule has 1 N–H and O–H groups in total. The van der Waals surface area contributed by atoms with Gasteiger partial charge in [0.15, 0.2) is 0 Å². The van der Waals surface area contributed by atoms with Gasteiger partial charge in [-0.25, -0.2) is 0 Å². The molecule has 0 bridgehead atoms. The SMILES string of the molecule is CSc1ccccc1NC(=O)CN(C)C(=O)Cn1c(C)csc1=O. The Morgan fingerprint density at radius 1 is 1.33 bits per heavy atom. The second-order valence-corrected chi connectivity index (χ2v) is 6.90. The van der Waals surface area contributed by atoms with Gasteiger partial charge in [0, 0.05) is 23.0 Å². The van der Waals surface area contributed by atoms with Crippen molar-refractivity contribution in [2.75, 3.05) is 25.2 Å². The highest BCUT2D eigenvalue weighted by atomic mass is 32.2. The van der Waals surface area contributed by atoms with Crippen molar-refractivity contribution in [1.82, 2.24) is 9.47 Å². The molecule has 0 atom stereocenters. The Labute approximate surface area is 148 Å². The number of amides is 2. The van der Waals surface area contributed by atoms with Gasteiger partial charge in [0.2, 0.25) is 11.8 Å². The molecule has 0 saturated carbocycles. The minimum absolute atomic E-state index is 0.0562. The molecular weight excluding hydrogens is 346 g/mol. The number of nitrogens with zero attached hydrogens (tertiary/aromatic N) is 2. The molecule has 6 nitrogen and oxygen atoms in total. The first kappa shape index (κ1) is 18.3. The lowest BCUT2D eigenvalue weighted by Gasteiger charge is -2.18. The van der Waals surface area contributed by atoms with E-state index in [1.165, 1.54) is 21.2 Å². The van der Waals surface area contributed by atoms with Crippen LogP contribution in [0.5, 0.6) is 0 Å². The van der Waals surface area contributed by atoms with Crippen LogP contribution in [0.1, 0.15) is 5.69 Å². The van der Waals surface area contributed by atoms with E-state index < -0.39 is 0 Å². The van der Waals surface area contributed by atoms with Crippen molar-refractivity contribution in [2.45, 2.75) is 18.4 Å². The molecule has 0 spiro atoms. The second-order valence-electron chi connectivity index (χ2n) is 5.23. The van der Waals surface area contributed by atoms with Gasteiger partial charge in [-0.15, -0.1) is 11.8 Å². The first-order valence-corrected chi connectivity index (χ1v) is 9.34. The summed E-state index contributed by atoms with van der Waals surface area (Å²) in [6.45, 7) is 1.65. The van der Waals surface area contributed by atoms with E-state index in [1.807, 2.05) is 30.5 Å². The zero-order valence-corrected chi connectivity index (χ0v) is 15.4. The van der Waals surface area contributed by atoms with E-state index >= 15 is 0 Å². The van der Waals surface area contributed by atoms with Crippen molar-refractivity contribution in [3.63, 3.8) is 0 Å². The number of carbonyl (C=O) groups excluding carboxylic acids is 2. The molecular formula is C16H19N3O3S2. The third-order valence-electron chi connectivity index (χ3n) is 3.46. The second kappa shape index (κ2) is 8.16. The van der Waals surface area contributed by atoms with E-state index in [9.17, 15) is 14.4 Å². The normalized spacial score (nSPS) is 10.5. The molecule has 1 aromatic heterocycles. The van der Waals surface area contributed by atoms with E-state index in [0.29, 0.717) is 0 Å². The van der Waals surface area contributed by atoms with Crippen LogP contribution in [0, 0.1) is 6.92 Å². The highest BCUT2D eigenvalue weighted by Crippen LogP contribution is 2.24. The maximum Gasteiger partial charge on any atom is 0.307 e. The molecule has 0 aliphatic carbocycles. The molecule has 2 amide bonds. The quantitative estimate of drug-likeness (QED) is 0.795. The number of anilines is 1. The van der Waals surface area contributed by atoms with Crippen LogP contribution in [0.15, 0.2) is 39.3 Å². The fourth-order valence-corrected chi connectivity index (χ4v) is 3.38. The Bertz CT molecular complexity index is 798. The van der Waals surface area contributed by atoms with Crippen molar-refractivity contribution in [2.24, 2.45) is 0 Å². The van der Waals surface area contributed by atoms with Gasteiger partial charge in [0.1, 0.15) is 6.54 Å². The summed E-state index contributed by atoms with van der Waals surface area (Å²) < 4.78 is 1.41. The molecule has 0 aliphatic rings. The number of likely N-dealkylation sites (N-methyl/N-ethyl adjacent to an activating group) is 1. The molecule has 128 valence electrons. The average molecular weight is 365 g/mol. The van der Waals surface area contributed by atoms with Crippen LogP contribution < -0.4 is 10.2 Å². The number of benzene rings is 1. The zero-order chi connectivity index (χ0) is 17.7. The molecule has 24 heavy (non-hydrogen) atoms. The maximum atomic E-state index is 12.2. The number of hydrogen-bond acceptors (Lipinski definition) is 5. The summed E-state index contributed by atoms with van der Waals surface area (Å²) >= 11 is 2.60. The molecule has 0 fully saturated rings. The van der Waals surface area contributed by atoms with Crippen molar-refractivity contribution in [3.05, 3.63) is 45.0 Å². The predicted molar refractivity (Wildman–Crippen MR) is 97.8 cm³/mol. The third-order valence-corrected chi connectivity index (χ3v) is 5.13. The van der Waals surface area contributed by atoms with Gasteiger partial charge < -0.3 is 10.2 Å². The van der Waals surface area contributed by atoms with Crippen LogP contribution in [0.25, 0.3) is 0 Å². The van der Waals surface area contributed by atoms with E-state index in [2.05, 4.69) is 5.32 Å². The van der Waals surface area contributed by atoms with E-state index in [1.54, 1.807) is 19.4 Å². The highest BCUT2D eigenvalue weighted by Gasteiger charge is 2.16. The lowest BCUT2D eigenvalue weighted by molar-refractivity contribution is -0.133. The monoisotopic (exact) mass is 365 g/mol. The molecule has 1 aromatic carbocycles. The summed E-state index contributed by atoms with van der Waals surface area (Å²) in [6.07, 6.45) is 1.93. The van der Waals surface area contributed by atoms with Crippen LogP contribution in [0.4, 0.5) is 5.69 Å². The fraction of sp³-hybridized carbons (Fsp3) is 0.312. The van der Waals surface area contributed by atoms with Gasteiger partial charge >= 0.3 is 4.87 Å². The Morgan fingerprint density at radius 3 is 2.67 bits per heavy atom. The molecule has 1 heterocycles. The molecule has 0 saturated heterocycles. The first-order valence-electron chi connectivity index (χ1n) is 7.24. The number of nitrogens with one attached hydrogen (secondary N) is 1. The summed E-state index contributed by atoms with van der Waals surface area (Å²) in [5.74, 6) is -0.561. The maximum absolute atomic E-state index is 12.2. The number of carbonyl (C=O) groups is 2. The van der Waals surface area contributed by atoms with Gasteiger partial charge in [-0.05, 0) is 25.3 Å². The van der Waals surface area contributed by atoms with Crippen molar-refractivity contribution in [3.8, 4) is 0 Å². The molecule has 0 aliphatic heterocycles. The lowest BCUT2D eigenvalue weighted by atomic mass is 10.3. The van der Waals surface area contributed by atoms with Crippen LogP contribution in [-0.4, -0.2) is 41.1 Å². The Morgan fingerprint density at radius 2 is 2.04 bits per heavy atom. The van der Waals surface area contributed by atoms with Crippen LogP contribution in [-0.2, 0) is 16.1 Å². The summed E-state index contributed by atoms with van der Waals surface area (Å²) in [5.41, 5.74) is 1.46. The van der Waals surface area contributed by atoms with Crippen LogP contribution in [0.3, 0.4) is 0 Å². The van der Waals surface area contributed by atoms with Gasteiger partial charge in [-0.2, -0.15) is 0 Å². The number of thiazole rings is 1. The summed E-state index contributed by atoms with van der Waals surface area (Å²) in [6, 6.07) is 7.48. The standard InChI is InChI=1S/C16H19N3O3S2/c1-11-10-24-16(22)19(11)9-15(21)18(2)8-14(20)17-12-6-4-5-7-13(12)23-3/h4-7,10H,8-9H2,1-3H3,(H,17,20). The number of aryl methyl sites for hydroxylation is 1. The summed E-state index contributed by atoms with van der Waals surface area (Å²) in [5, 5.41) is 4.52. The van der Waals surface area contributed by atoms with E-state index in [0.717, 1.165) is 27.6 Å².